The summed E-state index contributed by atoms with van der Waals surface area (Å²) >= 11 is 0. The summed E-state index contributed by atoms with van der Waals surface area (Å²) in [7, 11) is 0. The number of benzene rings is 1. The zero-order valence-corrected chi connectivity index (χ0v) is 9.19. The molecule has 2 nitrogen and oxygen atoms in total. The van der Waals surface area contributed by atoms with E-state index in [1.807, 2.05) is 18.2 Å². The minimum Gasteiger partial charge on any atom is -0.466 e. The number of esters is 1. The van der Waals surface area contributed by atoms with Crippen molar-refractivity contribution in [3.63, 3.8) is 0 Å². The Bertz CT molecular complexity index is 339. The first-order valence-corrected chi connectivity index (χ1v) is 5.05. The molecular formula is C13H16O2. The molecule has 0 saturated heterocycles. The van der Waals surface area contributed by atoms with Crippen LogP contribution in [-0.4, -0.2) is 12.6 Å². The highest BCUT2D eigenvalue weighted by Gasteiger charge is 1.94. The van der Waals surface area contributed by atoms with Crippen LogP contribution in [0.3, 0.4) is 0 Å². The molecule has 0 spiro atoms. The van der Waals surface area contributed by atoms with Crippen LogP contribution in [0.15, 0.2) is 36.4 Å². The molecule has 15 heavy (non-hydrogen) atoms. The summed E-state index contributed by atoms with van der Waals surface area (Å²) in [6.07, 6.45) is 2.85. The van der Waals surface area contributed by atoms with E-state index in [2.05, 4.69) is 25.1 Å². The van der Waals surface area contributed by atoms with Crippen molar-refractivity contribution in [2.45, 2.75) is 20.3 Å². The Morgan fingerprint density at radius 1 is 1.27 bits per heavy atom. The maximum atomic E-state index is 10.5. The molecule has 0 aliphatic heterocycles. The topological polar surface area (TPSA) is 26.3 Å². The van der Waals surface area contributed by atoms with E-state index in [9.17, 15) is 4.79 Å². The molecule has 0 fully saturated rings. The van der Waals surface area contributed by atoms with E-state index < -0.39 is 0 Å². The van der Waals surface area contributed by atoms with Crippen LogP contribution in [0.2, 0.25) is 0 Å². The molecule has 0 amide bonds. The monoisotopic (exact) mass is 204 g/mol. The molecule has 0 saturated carbocycles. The van der Waals surface area contributed by atoms with Gasteiger partial charge in [0.05, 0.1) is 6.61 Å². The van der Waals surface area contributed by atoms with Crippen molar-refractivity contribution >= 4 is 11.5 Å². The van der Waals surface area contributed by atoms with E-state index in [0.717, 1.165) is 6.42 Å². The number of hydrogen-bond acceptors (Lipinski definition) is 2. The van der Waals surface area contributed by atoms with Crippen LogP contribution in [0, 0.1) is 0 Å². The van der Waals surface area contributed by atoms with Gasteiger partial charge in [-0.2, -0.15) is 0 Å². The Morgan fingerprint density at radius 3 is 2.53 bits per heavy atom. The Morgan fingerprint density at radius 2 is 1.93 bits per heavy atom. The summed E-state index contributed by atoms with van der Waals surface area (Å²) in [5, 5.41) is 0. The van der Waals surface area contributed by atoms with Gasteiger partial charge in [-0.15, -0.1) is 0 Å². The van der Waals surface area contributed by atoms with Crippen molar-refractivity contribution in [3.05, 3.63) is 42.0 Å². The minimum absolute atomic E-state index is 0.222. The molecule has 2 heteroatoms. The third kappa shape index (κ3) is 4.45. The van der Waals surface area contributed by atoms with E-state index in [4.69, 9.17) is 4.74 Å². The van der Waals surface area contributed by atoms with Gasteiger partial charge in [0.1, 0.15) is 0 Å². The molecule has 80 valence electrons. The molecule has 0 aromatic heterocycles. The zero-order valence-electron chi connectivity index (χ0n) is 9.19. The fourth-order valence-corrected chi connectivity index (χ4v) is 1.30. The lowest BCUT2D eigenvalue weighted by Gasteiger charge is -2.01. The predicted octanol–water partition coefficient (Wildman–Crippen LogP) is 3.04. The molecule has 0 bridgehead atoms. The smallest absolute Gasteiger partial charge is 0.302 e. The highest BCUT2D eigenvalue weighted by molar-refractivity contribution is 5.66. The summed E-state index contributed by atoms with van der Waals surface area (Å²) in [6, 6.07) is 10.2. The number of hydrogen-bond donors (Lipinski definition) is 0. The van der Waals surface area contributed by atoms with Gasteiger partial charge in [0.15, 0.2) is 0 Å². The molecule has 0 unspecified atom stereocenters. The van der Waals surface area contributed by atoms with E-state index in [0.29, 0.717) is 6.61 Å². The van der Waals surface area contributed by atoms with Crippen molar-refractivity contribution < 1.29 is 9.53 Å². The molecule has 1 rings (SSSR count). The van der Waals surface area contributed by atoms with E-state index in [1.165, 1.54) is 18.1 Å². The summed E-state index contributed by atoms with van der Waals surface area (Å²) in [6.45, 7) is 3.94. The molecule has 0 aliphatic rings. The SMILES string of the molecule is CC(=O)OCC/C=C(\C)c1ccccc1. The first-order valence-electron chi connectivity index (χ1n) is 5.05. The number of carbonyl (C=O) groups excluding carboxylic acids is 1. The zero-order chi connectivity index (χ0) is 11.1. The maximum Gasteiger partial charge on any atom is 0.302 e. The Labute approximate surface area is 90.6 Å². The second-order valence-electron chi connectivity index (χ2n) is 3.38. The average Bonchev–Trinajstić information content (AvgIpc) is 2.25. The summed E-state index contributed by atoms with van der Waals surface area (Å²) in [4.78, 5) is 10.5. The lowest BCUT2D eigenvalue weighted by molar-refractivity contribution is -0.140. The first kappa shape index (κ1) is 11.5. The Kier molecular flexibility index (Phi) is 4.61. The first-order chi connectivity index (χ1) is 7.20. The van der Waals surface area contributed by atoms with Crippen LogP contribution < -0.4 is 0 Å². The van der Waals surface area contributed by atoms with Crippen LogP contribution in [0.1, 0.15) is 25.8 Å². The largest absolute Gasteiger partial charge is 0.466 e. The predicted molar refractivity (Wildman–Crippen MR) is 61.3 cm³/mol. The number of allylic oxidation sites excluding steroid dienone is 1. The van der Waals surface area contributed by atoms with Gasteiger partial charge in [-0.05, 0) is 18.1 Å². The number of carbonyl (C=O) groups is 1. The molecule has 0 N–H and O–H groups in total. The quantitative estimate of drug-likeness (QED) is 0.556. The van der Waals surface area contributed by atoms with E-state index >= 15 is 0 Å². The molecule has 1 aromatic rings. The van der Waals surface area contributed by atoms with Crippen LogP contribution in [-0.2, 0) is 9.53 Å². The number of rotatable bonds is 4. The van der Waals surface area contributed by atoms with Crippen molar-refractivity contribution in [3.8, 4) is 0 Å². The molecule has 0 atom stereocenters. The van der Waals surface area contributed by atoms with Crippen LogP contribution in [0.4, 0.5) is 0 Å². The summed E-state index contributed by atoms with van der Waals surface area (Å²) < 4.78 is 4.84. The number of ether oxygens (including phenoxy) is 1. The molecule has 0 aliphatic carbocycles. The lowest BCUT2D eigenvalue weighted by atomic mass is 10.1. The van der Waals surface area contributed by atoms with Crippen molar-refractivity contribution in [1.29, 1.82) is 0 Å². The minimum atomic E-state index is -0.222. The third-order valence-corrected chi connectivity index (χ3v) is 2.10. The third-order valence-electron chi connectivity index (χ3n) is 2.10. The fraction of sp³-hybridized carbons (Fsp3) is 0.308. The van der Waals surface area contributed by atoms with Crippen molar-refractivity contribution in [2.75, 3.05) is 6.61 Å². The van der Waals surface area contributed by atoms with Crippen LogP contribution in [0.5, 0.6) is 0 Å². The van der Waals surface area contributed by atoms with Gasteiger partial charge in [0.2, 0.25) is 0 Å². The second kappa shape index (κ2) is 6.02. The van der Waals surface area contributed by atoms with E-state index in [-0.39, 0.29) is 5.97 Å². The van der Waals surface area contributed by atoms with Gasteiger partial charge >= 0.3 is 5.97 Å². The van der Waals surface area contributed by atoms with Crippen molar-refractivity contribution in [2.24, 2.45) is 0 Å². The highest BCUT2D eigenvalue weighted by Crippen LogP contribution is 2.13. The molecular weight excluding hydrogens is 188 g/mol. The Hall–Kier alpha value is -1.57. The summed E-state index contributed by atoms with van der Waals surface area (Å²) in [5.74, 6) is -0.222. The fourth-order valence-electron chi connectivity index (χ4n) is 1.30. The lowest BCUT2D eigenvalue weighted by Crippen LogP contribution is -1.99. The second-order valence-corrected chi connectivity index (χ2v) is 3.38. The highest BCUT2D eigenvalue weighted by atomic mass is 16.5. The summed E-state index contributed by atoms with van der Waals surface area (Å²) in [5.41, 5.74) is 2.42. The average molecular weight is 204 g/mol. The van der Waals surface area contributed by atoms with Gasteiger partial charge in [-0.25, -0.2) is 0 Å². The molecule has 1 aromatic carbocycles. The molecule has 0 radical (unpaired) electrons. The van der Waals surface area contributed by atoms with Crippen LogP contribution >= 0.6 is 0 Å². The van der Waals surface area contributed by atoms with Gasteiger partial charge < -0.3 is 4.74 Å². The normalized spacial score (nSPS) is 11.2. The van der Waals surface area contributed by atoms with Gasteiger partial charge in [-0.1, -0.05) is 36.4 Å². The van der Waals surface area contributed by atoms with Crippen molar-refractivity contribution in [1.82, 2.24) is 0 Å². The van der Waals surface area contributed by atoms with E-state index in [1.54, 1.807) is 0 Å². The van der Waals surface area contributed by atoms with Gasteiger partial charge in [0.25, 0.3) is 0 Å². The molecule has 0 heterocycles. The maximum absolute atomic E-state index is 10.5. The van der Waals surface area contributed by atoms with Crippen LogP contribution in [0.25, 0.3) is 5.57 Å². The van der Waals surface area contributed by atoms with Gasteiger partial charge in [-0.3, -0.25) is 4.79 Å². The Balaban J connectivity index is 2.43. The van der Waals surface area contributed by atoms with Gasteiger partial charge in [0, 0.05) is 13.3 Å². The standard InChI is InChI=1S/C13H16O2/c1-11(7-6-10-15-12(2)14)13-8-4-3-5-9-13/h3-5,7-9H,6,10H2,1-2H3/b11-7+.